The van der Waals surface area contributed by atoms with Gasteiger partial charge in [-0.05, 0) is 12.1 Å². The summed E-state index contributed by atoms with van der Waals surface area (Å²) in [7, 11) is 0. The first-order chi connectivity index (χ1) is 8.74. The van der Waals surface area contributed by atoms with Gasteiger partial charge in [0.15, 0.2) is 0 Å². The van der Waals surface area contributed by atoms with Gasteiger partial charge < -0.3 is 16.0 Å². The third kappa shape index (κ3) is 1.98. The van der Waals surface area contributed by atoms with Crippen molar-refractivity contribution >= 4 is 44.3 Å². The summed E-state index contributed by atoms with van der Waals surface area (Å²) in [6, 6.07) is 3.92. The molecule has 0 saturated carbocycles. The lowest BCUT2D eigenvalue weighted by Gasteiger charge is -2.08. The molecule has 0 fully saturated rings. The van der Waals surface area contributed by atoms with Crippen LogP contribution < -0.4 is 15.9 Å². The number of hydrogen-bond acceptors (Lipinski definition) is 6. The zero-order chi connectivity index (χ0) is 12.5. The number of aromatic amines is 1. The van der Waals surface area contributed by atoms with Gasteiger partial charge in [-0.2, -0.15) is 0 Å². The molecule has 0 saturated heterocycles. The lowest BCUT2D eigenvalue weighted by molar-refractivity contribution is 1.06. The number of H-pyrrole nitrogens is 1. The molecule has 3 rings (SSSR count). The third-order valence-corrected chi connectivity index (χ3v) is 4.09. The molecule has 0 aliphatic heterocycles. The Morgan fingerprint density at radius 1 is 1.39 bits per heavy atom. The van der Waals surface area contributed by atoms with Crippen molar-refractivity contribution in [2.24, 2.45) is 0 Å². The van der Waals surface area contributed by atoms with Crippen molar-refractivity contribution in [2.75, 3.05) is 11.1 Å². The number of anilines is 2. The Morgan fingerprint density at radius 2 is 2.28 bits per heavy atom. The molecule has 2 aromatic heterocycles. The van der Waals surface area contributed by atoms with Gasteiger partial charge >= 0.3 is 4.87 Å². The third-order valence-electron chi connectivity index (χ3n) is 2.58. The molecule has 0 unspecified atom stereocenters. The van der Waals surface area contributed by atoms with Crippen LogP contribution in [0.15, 0.2) is 27.8 Å². The normalized spacial score (nSPS) is 10.9. The van der Waals surface area contributed by atoms with E-state index in [0.717, 1.165) is 32.9 Å². The number of nitrogens with zero attached hydrogens (tertiary/aromatic N) is 1. The highest BCUT2D eigenvalue weighted by Gasteiger charge is 2.06. The van der Waals surface area contributed by atoms with E-state index < -0.39 is 0 Å². The maximum absolute atomic E-state index is 11.0. The molecule has 3 aromatic rings. The van der Waals surface area contributed by atoms with Crippen molar-refractivity contribution in [1.82, 2.24) is 9.97 Å². The van der Waals surface area contributed by atoms with Gasteiger partial charge in [0.25, 0.3) is 0 Å². The van der Waals surface area contributed by atoms with Crippen LogP contribution in [0.2, 0.25) is 0 Å². The van der Waals surface area contributed by atoms with E-state index in [1.165, 1.54) is 0 Å². The molecule has 7 heteroatoms. The van der Waals surface area contributed by atoms with Gasteiger partial charge in [-0.3, -0.25) is 4.79 Å². The van der Waals surface area contributed by atoms with E-state index in [1.54, 1.807) is 22.2 Å². The standard InChI is InChI=1S/C11H10N4OS2/c12-9-7(1-2-8-10(9)14-5-18-8)13-3-6-4-17-11(16)15-6/h1-2,4-5,13H,3,12H2,(H,15,16). The lowest BCUT2D eigenvalue weighted by Crippen LogP contribution is -2.04. The monoisotopic (exact) mass is 278 g/mol. The number of nitrogen functional groups attached to an aromatic ring is 1. The van der Waals surface area contributed by atoms with Crippen molar-refractivity contribution in [3.63, 3.8) is 0 Å². The molecule has 5 nitrogen and oxygen atoms in total. The fourth-order valence-corrected chi connectivity index (χ4v) is 2.97. The van der Waals surface area contributed by atoms with Crippen LogP contribution in [-0.4, -0.2) is 9.97 Å². The first-order valence-corrected chi connectivity index (χ1v) is 7.02. The minimum absolute atomic E-state index is 0.0466. The second-order valence-electron chi connectivity index (χ2n) is 3.75. The zero-order valence-corrected chi connectivity index (χ0v) is 10.9. The number of hydrogen-bond donors (Lipinski definition) is 3. The SMILES string of the molecule is Nc1c(NCc2csc(=O)[nH]2)ccc2scnc12. The first kappa shape index (κ1) is 11.2. The Hall–Kier alpha value is -1.86. The maximum atomic E-state index is 11.0. The Bertz CT molecular complexity index is 743. The Kier molecular flexibility index (Phi) is 2.77. The number of nitrogens with one attached hydrogen (secondary N) is 2. The Balaban J connectivity index is 1.86. The van der Waals surface area contributed by atoms with Crippen LogP contribution in [0.1, 0.15) is 5.69 Å². The van der Waals surface area contributed by atoms with E-state index in [0.29, 0.717) is 12.2 Å². The number of thiazole rings is 2. The van der Waals surface area contributed by atoms with Gasteiger partial charge in [0.05, 0.1) is 28.1 Å². The van der Waals surface area contributed by atoms with Crippen LogP contribution in [0.4, 0.5) is 11.4 Å². The first-order valence-electron chi connectivity index (χ1n) is 5.26. The van der Waals surface area contributed by atoms with E-state index in [4.69, 9.17) is 5.73 Å². The van der Waals surface area contributed by atoms with Gasteiger partial charge in [-0.1, -0.05) is 11.3 Å². The highest BCUT2D eigenvalue weighted by atomic mass is 32.1. The van der Waals surface area contributed by atoms with Crippen LogP contribution in [-0.2, 0) is 6.54 Å². The van der Waals surface area contributed by atoms with Crippen LogP contribution in [0.3, 0.4) is 0 Å². The summed E-state index contributed by atoms with van der Waals surface area (Å²) in [6.07, 6.45) is 0. The molecule has 0 bridgehead atoms. The van der Waals surface area contributed by atoms with Crippen LogP contribution in [0, 0.1) is 0 Å². The molecule has 18 heavy (non-hydrogen) atoms. The summed E-state index contributed by atoms with van der Waals surface area (Å²) in [5.74, 6) is 0. The zero-order valence-electron chi connectivity index (χ0n) is 9.27. The molecule has 92 valence electrons. The van der Waals surface area contributed by atoms with Crippen molar-refractivity contribution < 1.29 is 0 Å². The Morgan fingerprint density at radius 3 is 3.06 bits per heavy atom. The summed E-state index contributed by atoms with van der Waals surface area (Å²) >= 11 is 2.72. The minimum Gasteiger partial charge on any atom is -0.395 e. The number of aromatic nitrogens is 2. The number of nitrogens with two attached hydrogens (primary N) is 1. The average Bonchev–Trinajstić information content (AvgIpc) is 2.97. The van der Waals surface area contributed by atoms with E-state index >= 15 is 0 Å². The molecule has 2 heterocycles. The highest BCUT2D eigenvalue weighted by molar-refractivity contribution is 7.16. The van der Waals surface area contributed by atoms with E-state index in [2.05, 4.69) is 15.3 Å². The van der Waals surface area contributed by atoms with E-state index in [1.807, 2.05) is 12.1 Å². The summed E-state index contributed by atoms with van der Waals surface area (Å²) in [4.78, 5) is 17.9. The summed E-state index contributed by atoms with van der Waals surface area (Å²) in [6.45, 7) is 0.540. The molecule has 0 aliphatic rings. The van der Waals surface area contributed by atoms with Gasteiger partial charge in [-0.15, -0.1) is 11.3 Å². The second kappa shape index (κ2) is 4.43. The number of benzene rings is 1. The van der Waals surface area contributed by atoms with Gasteiger partial charge in [0.1, 0.15) is 5.52 Å². The highest BCUT2D eigenvalue weighted by Crippen LogP contribution is 2.30. The smallest absolute Gasteiger partial charge is 0.304 e. The molecular weight excluding hydrogens is 268 g/mol. The van der Waals surface area contributed by atoms with Crippen LogP contribution >= 0.6 is 22.7 Å². The summed E-state index contributed by atoms with van der Waals surface area (Å²) in [5, 5.41) is 5.00. The van der Waals surface area contributed by atoms with Crippen molar-refractivity contribution in [2.45, 2.75) is 6.54 Å². The number of rotatable bonds is 3. The Labute approximate surface area is 110 Å². The predicted octanol–water partition coefficient (Wildman–Crippen LogP) is 2.24. The number of fused-ring (bicyclic) bond motifs is 1. The lowest BCUT2D eigenvalue weighted by atomic mass is 10.2. The van der Waals surface area contributed by atoms with Crippen molar-refractivity contribution in [3.05, 3.63) is 38.4 Å². The molecule has 0 amide bonds. The topological polar surface area (TPSA) is 83.8 Å². The second-order valence-corrected chi connectivity index (χ2v) is 5.48. The fourth-order valence-electron chi connectivity index (χ4n) is 1.70. The molecule has 0 aliphatic carbocycles. The summed E-state index contributed by atoms with van der Waals surface area (Å²) in [5.41, 5.74) is 11.0. The van der Waals surface area contributed by atoms with Gasteiger partial charge in [-0.25, -0.2) is 4.98 Å². The van der Waals surface area contributed by atoms with E-state index in [9.17, 15) is 4.79 Å². The molecule has 4 N–H and O–H groups in total. The predicted molar refractivity (Wildman–Crippen MR) is 76.3 cm³/mol. The minimum atomic E-state index is -0.0466. The molecule has 0 radical (unpaired) electrons. The van der Waals surface area contributed by atoms with Crippen molar-refractivity contribution in [1.29, 1.82) is 0 Å². The molecular formula is C11H10N4OS2. The summed E-state index contributed by atoms with van der Waals surface area (Å²) < 4.78 is 1.07. The fraction of sp³-hybridized carbons (Fsp3) is 0.0909. The molecule has 0 spiro atoms. The maximum Gasteiger partial charge on any atom is 0.304 e. The quantitative estimate of drug-likeness (QED) is 0.642. The van der Waals surface area contributed by atoms with Crippen molar-refractivity contribution in [3.8, 4) is 0 Å². The van der Waals surface area contributed by atoms with E-state index in [-0.39, 0.29) is 4.87 Å². The van der Waals surface area contributed by atoms with Crippen LogP contribution in [0.25, 0.3) is 10.2 Å². The van der Waals surface area contributed by atoms with Gasteiger partial charge in [0.2, 0.25) is 0 Å². The van der Waals surface area contributed by atoms with Crippen LogP contribution in [0.5, 0.6) is 0 Å². The molecule has 1 aromatic carbocycles. The average molecular weight is 278 g/mol. The molecule has 0 atom stereocenters. The largest absolute Gasteiger partial charge is 0.395 e. The van der Waals surface area contributed by atoms with Gasteiger partial charge in [0, 0.05) is 11.1 Å².